The number of aliphatic imine (C=N–C) groups is 2. The summed E-state index contributed by atoms with van der Waals surface area (Å²) in [5.41, 5.74) is 0. The second kappa shape index (κ2) is 4.74. The van der Waals surface area contributed by atoms with Gasteiger partial charge in [-0.05, 0) is 13.8 Å². The Morgan fingerprint density at radius 1 is 0.917 bits per heavy atom. The van der Waals surface area contributed by atoms with Crippen LogP contribution in [0.5, 0.6) is 0 Å². The van der Waals surface area contributed by atoms with Crippen molar-refractivity contribution in [1.29, 1.82) is 0 Å². The highest BCUT2D eigenvalue weighted by Crippen LogP contribution is 1.80. The maximum atomic E-state index is 4.04. The first-order valence-electron chi connectivity index (χ1n) is 4.29. The van der Waals surface area contributed by atoms with Crippen LogP contribution in [0.25, 0.3) is 0 Å². The van der Waals surface area contributed by atoms with E-state index in [0.717, 1.165) is 37.9 Å². The number of hydrogen-bond acceptors (Lipinski definition) is 4. The molecule has 0 spiro atoms. The number of nitrogens with zero attached hydrogens (tertiary/aromatic N) is 2. The molecule has 0 aromatic carbocycles. The first-order chi connectivity index (χ1) is 5.79. The van der Waals surface area contributed by atoms with Gasteiger partial charge in [0.05, 0.1) is 24.8 Å². The lowest BCUT2D eigenvalue weighted by Crippen LogP contribution is -2.13. The Labute approximate surface area is 73.2 Å². The van der Waals surface area contributed by atoms with Crippen molar-refractivity contribution in [3.05, 3.63) is 0 Å². The van der Waals surface area contributed by atoms with Gasteiger partial charge in [-0.15, -0.1) is 0 Å². The molecule has 0 amide bonds. The van der Waals surface area contributed by atoms with Crippen molar-refractivity contribution in [2.75, 3.05) is 26.2 Å². The van der Waals surface area contributed by atoms with Crippen molar-refractivity contribution < 1.29 is 0 Å². The average Bonchev–Trinajstić information content (AvgIpc) is 2.63. The maximum absolute atomic E-state index is 4.04. The van der Waals surface area contributed by atoms with Crippen LogP contribution in [0.2, 0.25) is 0 Å². The zero-order chi connectivity index (χ0) is 8.81. The molecule has 4 nitrogen and oxygen atoms in total. The van der Waals surface area contributed by atoms with Crippen molar-refractivity contribution >= 4 is 11.7 Å². The number of hydrogen-bond donors (Lipinski definition) is 2. The van der Waals surface area contributed by atoms with Crippen LogP contribution in [-0.2, 0) is 0 Å². The Balaban J connectivity index is 0.000000120. The van der Waals surface area contributed by atoms with Gasteiger partial charge in [-0.25, -0.2) is 0 Å². The minimum absolute atomic E-state index is 0.964. The minimum Gasteiger partial charge on any atom is -0.372 e. The monoisotopic (exact) mass is 168 g/mol. The molecule has 0 bridgehead atoms. The molecule has 2 aliphatic rings. The van der Waals surface area contributed by atoms with Crippen LogP contribution >= 0.6 is 0 Å². The van der Waals surface area contributed by atoms with Crippen molar-refractivity contribution in [3.63, 3.8) is 0 Å². The molecule has 0 saturated heterocycles. The molecule has 4 heteroatoms. The summed E-state index contributed by atoms with van der Waals surface area (Å²) < 4.78 is 0. The molecular weight excluding hydrogens is 152 g/mol. The van der Waals surface area contributed by atoms with Crippen LogP contribution in [0.3, 0.4) is 0 Å². The summed E-state index contributed by atoms with van der Waals surface area (Å²) in [6.07, 6.45) is 0. The summed E-state index contributed by atoms with van der Waals surface area (Å²) in [5.74, 6) is 2.16. The van der Waals surface area contributed by atoms with Gasteiger partial charge in [0.25, 0.3) is 0 Å². The highest BCUT2D eigenvalue weighted by atomic mass is 15.1. The van der Waals surface area contributed by atoms with E-state index < -0.39 is 0 Å². The predicted octanol–water partition coefficient (Wildman–Crippen LogP) is 0.0160. The molecule has 0 atom stereocenters. The van der Waals surface area contributed by atoms with E-state index in [0.29, 0.717) is 0 Å². The van der Waals surface area contributed by atoms with E-state index in [1.807, 2.05) is 13.8 Å². The molecule has 2 heterocycles. The Bertz CT molecular complexity index is 173. The highest BCUT2D eigenvalue weighted by Gasteiger charge is 1.94. The van der Waals surface area contributed by atoms with Gasteiger partial charge in [0.15, 0.2) is 0 Å². The zero-order valence-corrected chi connectivity index (χ0v) is 7.72. The van der Waals surface area contributed by atoms with E-state index in [1.54, 1.807) is 0 Å². The molecule has 2 rings (SSSR count). The summed E-state index contributed by atoms with van der Waals surface area (Å²) in [5, 5.41) is 6.14. The fraction of sp³-hybridized carbons (Fsp3) is 0.750. The van der Waals surface area contributed by atoms with Crippen molar-refractivity contribution in [1.82, 2.24) is 10.6 Å². The van der Waals surface area contributed by atoms with Gasteiger partial charge in [0, 0.05) is 13.1 Å². The molecule has 68 valence electrons. The fourth-order valence-corrected chi connectivity index (χ4v) is 1.03. The smallest absolute Gasteiger partial charge is 0.0933 e. The molecule has 12 heavy (non-hydrogen) atoms. The first-order valence-corrected chi connectivity index (χ1v) is 4.29. The number of rotatable bonds is 0. The third-order valence-corrected chi connectivity index (χ3v) is 1.68. The topological polar surface area (TPSA) is 48.8 Å². The molecule has 0 radical (unpaired) electrons. The van der Waals surface area contributed by atoms with Gasteiger partial charge in [0.2, 0.25) is 0 Å². The molecular formula is C8H16N4. The van der Waals surface area contributed by atoms with Crippen LogP contribution in [0.1, 0.15) is 13.8 Å². The highest BCUT2D eigenvalue weighted by molar-refractivity contribution is 5.81. The van der Waals surface area contributed by atoms with Crippen molar-refractivity contribution in [3.8, 4) is 0 Å². The third kappa shape index (κ3) is 3.37. The first kappa shape index (κ1) is 9.03. The van der Waals surface area contributed by atoms with Crippen LogP contribution in [0, 0.1) is 0 Å². The molecule has 0 aliphatic carbocycles. The molecule has 2 aliphatic heterocycles. The van der Waals surface area contributed by atoms with E-state index >= 15 is 0 Å². The van der Waals surface area contributed by atoms with Gasteiger partial charge in [-0.1, -0.05) is 0 Å². The van der Waals surface area contributed by atoms with Gasteiger partial charge in [-0.3, -0.25) is 9.98 Å². The Morgan fingerprint density at radius 2 is 1.33 bits per heavy atom. The quantitative estimate of drug-likeness (QED) is 0.535. The summed E-state index contributed by atoms with van der Waals surface area (Å²) in [6, 6.07) is 0. The van der Waals surface area contributed by atoms with Crippen molar-refractivity contribution in [2.24, 2.45) is 9.98 Å². The summed E-state index contributed by atoms with van der Waals surface area (Å²) >= 11 is 0. The molecule has 0 fully saturated rings. The van der Waals surface area contributed by atoms with Crippen LogP contribution in [0.4, 0.5) is 0 Å². The van der Waals surface area contributed by atoms with Crippen LogP contribution in [0.15, 0.2) is 9.98 Å². The molecule has 0 aromatic heterocycles. The van der Waals surface area contributed by atoms with E-state index in [9.17, 15) is 0 Å². The number of amidine groups is 2. The third-order valence-electron chi connectivity index (χ3n) is 1.68. The summed E-state index contributed by atoms with van der Waals surface area (Å²) in [6.45, 7) is 7.95. The van der Waals surface area contributed by atoms with Crippen molar-refractivity contribution in [2.45, 2.75) is 13.8 Å². The maximum Gasteiger partial charge on any atom is 0.0933 e. The van der Waals surface area contributed by atoms with Gasteiger partial charge >= 0.3 is 0 Å². The van der Waals surface area contributed by atoms with Crippen LogP contribution < -0.4 is 10.6 Å². The van der Waals surface area contributed by atoms with E-state index in [-0.39, 0.29) is 0 Å². The van der Waals surface area contributed by atoms with Gasteiger partial charge < -0.3 is 10.6 Å². The van der Waals surface area contributed by atoms with Gasteiger partial charge in [0.1, 0.15) is 0 Å². The standard InChI is InChI=1S/2C4H8N2/c2*1-4-5-2-3-6-4/h2*2-3H2,1H3,(H,5,6). The van der Waals surface area contributed by atoms with E-state index in [4.69, 9.17) is 0 Å². The summed E-state index contributed by atoms with van der Waals surface area (Å²) in [7, 11) is 0. The number of nitrogens with one attached hydrogen (secondary N) is 2. The molecule has 0 aromatic rings. The van der Waals surface area contributed by atoms with E-state index in [1.165, 1.54) is 0 Å². The second-order valence-electron chi connectivity index (χ2n) is 2.79. The Hall–Kier alpha value is -1.06. The van der Waals surface area contributed by atoms with Gasteiger partial charge in [-0.2, -0.15) is 0 Å². The molecule has 2 N–H and O–H groups in total. The van der Waals surface area contributed by atoms with E-state index in [2.05, 4.69) is 20.6 Å². The largest absolute Gasteiger partial charge is 0.372 e. The molecule has 0 saturated carbocycles. The summed E-state index contributed by atoms with van der Waals surface area (Å²) in [4.78, 5) is 8.08. The van der Waals surface area contributed by atoms with Crippen LogP contribution in [-0.4, -0.2) is 37.9 Å². The zero-order valence-electron chi connectivity index (χ0n) is 7.72. The predicted molar refractivity (Wildman–Crippen MR) is 52.0 cm³/mol. The SMILES string of the molecule is CC1=NCCN1.CC1=NCCN1. The average molecular weight is 168 g/mol. The fourth-order valence-electron chi connectivity index (χ4n) is 1.03. The lowest BCUT2D eigenvalue weighted by molar-refractivity contribution is 0.958. The lowest BCUT2D eigenvalue weighted by Gasteiger charge is -1.85. The second-order valence-corrected chi connectivity index (χ2v) is 2.79. The lowest BCUT2D eigenvalue weighted by atomic mass is 10.7. The normalized spacial score (nSPS) is 19.8. The Morgan fingerprint density at radius 3 is 1.42 bits per heavy atom. The molecule has 0 unspecified atom stereocenters. The minimum atomic E-state index is 0.964. The Kier molecular flexibility index (Phi) is 3.57.